The predicted molar refractivity (Wildman–Crippen MR) is 87.4 cm³/mol. The van der Waals surface area contributed by atoms with Crippen LogP contribution in [0.5, 0.6) is 0 Å². The topological polar surface area (TPSA) is 55.2 Å². The predicted octanol–water partition coefficient (Wildman–Crippen LogP) is 4.98. The van der Waals surface area contributed by atoms with E-state index >= 15 is 0 Å². The highest BCUT2D eigenvalue weighted by molar-refractivity contribution is 9.10. The quantitative estimate of drug-likeness (QED) is 0.616. The molecule has 2 aliphatic carbocycles. The zero-order chi connectivity index (χ0) is 15.4. The molecule has 0 aliphatic heterocycles. The third kappa shape index (κ3) is 2.26. The molecule has 2 saturated carbocycles. The molecule has 1 N–H and O–H groups in total. The van der Waals surface area contributed by atoms with Crippen molar-refractivity contribution in [3.05, 3.63) is 32.8 Å². The number of anilines is 1. The third-order valence-corrected chi connectivity index (χ3v) is 6.39. The van der Waals surface area contributed by atoms with Crippen LogP contribution in [0.1, 0.15) is 40.0 Å². The summed E-state index contributed by atoms with van der Waals surface area (Å²) in [7, 11) is 0. The first-order chi connectivity index (χ1) is 9.74. The molecule has 4 nitrogen and oxygen atoms in total. The zero-order valence-electron chi connectivity index (χ0n) is 12.6. The first-order valence-electron chi connectivity index (χ1n) is 7.44. The molecule has 5 heteroatoms. The minimum absolute atomic E-state index is 0.117. The van der Waals surface area contributed by atoms with Gasteiger partial charge in [0.1, 0.15) is 0 Å². The number of nitro benzene ring substituents is 1. The van der Waals surface area contributed by atoms with Crippen molar-refractivity contribution in [3.8, 4) is 0 Å². The summed E-state index contributed by atoms with van der Waals surface area (Å²) in [6.45, 7) is 7.01. The Hall–Kier alpha value is -1.10. The molecule has 3 rings (SSSR count). The molecular weight excluding hydrogens is 332 g/mol. The maximum absolute atomic E-state index is 11.1. The van der Waals surface area contributed by atoms with E-state index < -0.39 is 0 Å². The largest absolute Gasteiger partial charge is 0.381 e. The van der Waals surface area contributed by atoms with E-state index in [0.29, 0.717) is 15.9 Å². The van der Waals surface area contributed by atoms with E-state index in [2.05, 4.69) is 42.0 Å². The molecule has 1 aromatic rings. The fourth-order valence-corrected chi connectivity index (χ4v) is 4.96. The van der Waals surface area contributed by atoms with Crippen LogP contribution in [0.3, 0.4) is 0 Å². The minimum Gasteiger partial charge on any atom is -0.381 e. The zero-order valence-corrected chi connectivity index (χ0v) is 14.2. The molecule has 0 amide bonds. The van der Waals surface area contributed by atoms with Crippen molar-refractivity contribution >= 4 is 27.3 Å². The molecular formula is C16H21BrN2O2. The Balaban J connectivity index is 1.90. The summed E-state index contributed by atoms with van der Waals surface area (Å²) in [6, 6.07) is 5.67. The Morgan fingerprint density at radius 2 is 2.10 bits per heavy atom. The van der Waals surface area contributed by atoms with Crippen molar-refractivity contribution < 1.29 is 4.92 Å². The molecule has 2 bridgehead atoms. The van der Waals surface area contributed by atoms with Gasteiger partial charge in [-0.1, -0.05) is 20.8 Å². The lowest BCUT2D eigenvalue weighted by atomic mass is 9.68. The van der Waals surface area contributed by atoms with Crippen LogP contribution in [0.2, 0.25) is 0 Å². The van der Waals surface area contributed by atoms with E-state index in [9.17, 15) is 10.1 Å². The highest BCUT2D eigenvalue weighted by Gasteiger charge is 2.59. The van der Waals surface area contributed by atoms with Crippen molar-refractivity contribution in [1.29, 1.82) is 0 Å². The fourth-order valence-electron chi connectivity index (χ4n) is 4.57. The molecule has 3 unspecified atom stereocenters. The van der Waals surface area contributed by atoms with Gasteiger partial charge in [-0.3, -0.25) is 10.1 Å². The van der Waals surface area contributed by atoms with E-state index in [0.717, 1.165) is 11.6 Å². The number of rotatable bonds is 3. The molecule has 0 spiro atoms. The van der Waals surface area contributed by atoms with Crippen molar-refractivity contribution in [2.45, 2.75) is 46.1 Å². The summed E-state index contributed by atoms with van der Waals surface area (Å²) >= 11 is 3.24. The first kappa shape index (κ1) is 14.8. The Morgan fingerprint density at radius 3 is 2.67 bits per heavy atom. The van der Waals surface area contributed by atoms with Gasteiger partial charge in [0.15, 0.2) is 0 Å². The third-order valence-electron chi connectivity index (χ3n) is 5.72. The van der Waals surface area contributed by atoms with Gasteiger partial charge in [-0.2, -0.15) is 0 Å². The van der Waals surface area contributed by atoms with Crippen LogP contribution in [0.4, 0.5) is 11.4 Å². The summed E-state index contributed by atoms with van der Waals surface area (Å²) < 4.78 is 0.525. The minimum atomic E-state index is -0.344. The van der Waals surface area contributed by atoms with Crippen LogP contribution in [0.25, 0.3) is 0 Å². The maximum atomic E-state index is 11.1. The van der Waals surface area contributed by atoms with Crippen LogP contribution in [-0.2, 0) is 0 Å². The molecule has 21 heavy (non-hydrogen) atoms. The Morgan fingerprint density at radius 1 is 1.38 bits per heavy atom. The monoisotopic (exact) mass is 352 g/mol. The van der Waals surface area contributed by atoms with Crippen LogP contribution in [0.15, 0.2) is 22.7 Å². The highest BCUT2D eigenvalue weighted by Crippen LogP contribution is 2.63. The number of nitrogens with one attached hydrogen (secondary N) is 1. The van der Waals surface area contributed by atoms with Gasteiger partial charge in [0.05, 0.1) is 9.40 Å². The van der Waals surface area contributed by atoms with E-state index in [4.69, 9.17) is 0 Å². The van der Waals surface area contributed by atoms with Gasteiger partial charge in [-0.05, 0) is 64.1 Å². The maximum Gasteiger partial charge on any atom is 0.285 e. The van der Waals surface area contributed by atoms with Gasteiger partial charge in [0.2, 0.25) is 0 Å². The van der Waals surface area contributed by atoms with Gasteiger partial charge < -0.3 is 5.32 Å². The van der Waals surface area contributed by atoms with Crippen LogP contribution >= 0.6 is 15.9 Å². The lowest BCUT2D eigenvalue weighted by Gasteiger charge is -2.43. The summed E-state index contributed by atoms with van der Waals surface area (Å²) in [5.74, 6) is 0.755. The van der Waals surface area contributed by atoms with Crippen LogP contribution in [-0.4, -0.2) is 11.0 Å². The first-order valence-corrected chi connectivity index (χ1v) is 8.24. The molecule has 1 aromatic carbocycles. The average Bonchev–Trinajstić information content (AvgIpc) is 2.87. The van der Waals surface area contributed by atoms with Crippen molar-refractivity contribution in [3.63, 3.8) is 0 Å². The molecule has 114 valence electrons. The van der Waals surface area contributed by atoms with Crippen molar-refractivity contribution in [2.24, 2.45) is 16.7 Å². The standard InChI is InChI=1S/C16H21BrN2O2/c1-15(2)10-6-7-16(3,9-10)14(15)18-11-4-5-12(17)13(8-11)19(20)21/h4-5,8,10,14,18H,6-7,9H2,1-3H3. The molecule has 0 aromatic heterocycles. The van der Waals surface area contributed by atoms with Gasteiger partial charge in [-0.15, -0.1) is 0 Å². The molecule has 0 radical (unpaired) electrons. The number of halogens is 1. The van der Waals surface area contributed by atoms with Crippen LogP contribution in [0, 0.1) is 26.9 Å². The molecule has 2 fully saturated rings. The Bertz CT molecular complexity index is 597. The van der Waals surface area contributed by atoms with Gasteiger partial charge in [0, 0.05) is 17.8 Å². The fraction of sp³-hybridized carbons (Fsp3) is 0.625. The number of benzene rings is 1. The number of hydrogen-bond donors (Lipinski definition) is 1. The number of fused-ring (bicyclic) bond motifs is 2. The molecule has 0 saturated heterocycles. The number of nitro groups is 1. The van der Waals surface area contributed by atoms with E-state index in [1.807, 2.05) is 6.07 Å². The Labute approximate surface area is 133 Å². The van der Waals surface area contributed by atoms with Crippen molar-refractivity contribution in [1.82, 2.24) is 0 Å². The average molecular weight is 353 g/mol. The van der Waals surface area contributed by atoms with Crippen LogP contribution < -0.4 is 5.32 Å². The van der Waals surface area contributed by atoms with Gasteiger partial charge in [-0.25, -0.2) is 0 Å². The Kier molecular flexibility index (Phi) is 3.32. The van der Waals surface area contributed by atoms with E-state index in [1.54, 1.807) is 12.1 Å². The number of nitrogens with zero attached hydrogens (tertiary/aromatic N) is 1. The van der Waals surface area contributed by atoms with Gasteiger partial charge in [0.25, 0.3) is 5.69 Å². The molecule has 0 heterocycles. The lowest BCUT2D eigenvalue weighted by Crippen LogP contribution is -2.45. The van der Waals surface area contributed by atoms with Crippen molar-refractivity contribution in [2.75, 3.05) is 5.32 Å². The lowest BCUT2D eigenvalue weighted by molar-refractivity contribution is -0.385. The van der Waals surface area contributed by atoms with E-state index in [1.165, 1.54) is 19.3 Å². The van der Waals surface area contributed by atoms with E-state index in [-0.39, 0.29) is 16.0 Å². The SMILES string of the molecule is CC12CCC(C1)C(C)(C)C2Nc1ccc(Br)c([N+](=O)[O-])c1. The second kappa shape index (κ2) is 4.70. The second-order valence-corrected chi connectivity index (χ2v) is 8.27. The summed E-state index contributed by atoms with van der Waals surface area (Å²) in [5.41, 5.74) is 1.49. The van der Waals surface area contributed by atoms with Gasteiger partial charge >= 0.3 is 0 Å². The number of hydrogen-bond acceptors (Lipinski definition) is 3. The summed E-state index contributed by atoms with van der Waals surface area (Å²) in [4.78, 5) is 10.7. The highest BCUT2D eigenvalue weighted by atomic mass is 79.9. The summed E-state index contributed by atoms with van der Waals surface area (Å²) in [6.07, 6.45) is 3.82. The summed E-state index contributed by atoms with van der Waals surface area (Å²) in [5, 5.41) is 14.7. The second-order valence-electron chi connectivity index (χ2n) is 7.42. The smallest absolute Gasteiger partial charge is 0.285 e. The molecule has 2 aliphatic rings. The normalized spacial score (nSPS) is 33.1. The molecule has 3 atom stereocenters.